The average Bonchev–Trinajstić information content (AvgIpc) is 3.38. The molecular formula is C22H17FN4O3. The molecule has 0 radical (unpaired) electrons. The second kappa shape index (κ2) is 7.14. The first kappa shape index (κ1) is 18.1. The van der Waals surface area contributed by atoms with E-state index in [-0.39, 0.29) is 31.1 Å². The van der Waals surface area contributed by atoms with Crippen molar-refractivity contribution in [3.05, 3.63) is 93.7 Å². The van der Waals surface area contributed by atoms with Crippen LogP contribution in [0.5, 0.6) is 0 Å². The van der Waals surface area contributed by atoms with E-state index in [1.807, 2.05) is 30.3 Å². The molecule has 7 nitrogen and oxygen atoms in total. The van der Waals surface area contributed by atoms with Crippen LogP contribution in [0, 0.1) is 5.82 Å². The minimum absolute atomic E-state index is 0.141. The van der Waals surface area contributed by atoms with E-state index in [1.54, 1.807) is 18.2 Å². The predicted octanol–water partition coefficient (Wildman–Crippen LogP) is 3.48. The van der Waals surface area contributed by atoms with Gasteiger partial charge in [0, 0.05) is 6.07 Å². The maximum atomic E-state index is 13.2. The van der Waals surface area contributed by atoms with Gasteiger partial charge >= 0.3 is 6.09 Å². The quantitative estimate of drug-likeness (QED) is 0.567. The summed E-state index contributed by atoms with van der Waals surface area (Å²) in [5, 5.41) is 3.00. The van der Waals surface area contributed by atoms with Crippen LogP contribution in [-0.2, 0) is 24.4 Å². The molecule has 5 rings (SSSR count). The maximum Gasteiger partial charge on any atom is 0.410 e. The fourth-order valence-corrected chi connectivity index (χ4v) is 3.54. The molecule has 30 heavy (non-hydrogen) atoms. The van der Waals surface area contributed by atoms with Gasteiger partial charge in [-0.25, -0.2) is 18.7 Å². The number of nitrogens with one attached hydrogen (secondary N) is 1. The van der Waals surface area contributed by atoms with Gasteiger partial charge in [-0.15, -0.1) is 0 Å². The zero-order valence-electron chi connectivity index (χ0n) is 15.8. The monoisotopic (exact) mass is 404 g/mol. The van der Waals surface area contributed by atoms with Crippen LogP contribution >= 0.6 is 0 Å². The van der Waals surface area contributed by atoms with Crippen LogP contribution in [0.3, 0.4) is 0 Å². The second-order valence-corrected chi connectivity index (χ2v) is 7.11. The average molecular weight is 404 g/mol. The minimum Gasteiger partial charge on any atom is -0.445 e. The predicted molar refractivity (Wildman–Crippen MR) is 107 cm³/mol. The molecule has 0 bridgehead atoms. The van der Waals surface area contributed by atoms with E-state index in [2.05, 4.69) is 10.1 Å². The molecule has 1 aliphatic heterocycles. The number of benzene rings is 2. The Kier molecular flexibility index (Phi) is 4.31. The summed E-state index contributed by atoms with van der Waals surface area (Å²) < 4.78 is 19.9. The van der Waals surface area contributed by atoms with E-state index in [9.17, 15) is 14.0 Å². The molecule has 0 aliphatic carbocycles. The molecule has 1 amide bonds. The lowest BCUT2D eigenvalue weighted by atomic mass is 10.1. The topological polar surface area (TPSA) is 79.7 Å². The van der Waals surface area contributed by atoms with E-state index in [0.717, 1.165) is 11.1 Å². The lowest BCUT2D eigenvalue weighted by molar-refractivity contribution is 0.0952. The third kappa shape index (κ3) is 3.22. The van der Waals surface area contributed by atoms with Crippen LogP contribution < -0.4 is 5.56 Å². The van der Waals surface area contributed by atoms with E-state index in [1.165, 1.54) is 21.5 Å². The van der Waals surface area contributed by atoms with Crippen LogP contribution in [0.25, 0.3) is 16.9 Å². The molecule has 150 valence electrons. The van der Waals surface area contributed by atoms with Gasteiger partial charge in [0.15, 0.2) is 5.65 Å². The lowest BCUT2D eigenvalue weighted by Crippen LogP contribution is -2.27. The van der Waals surface area contributed by atoms with E-state index >= 15 is 0 Å². The largest absolute Gasteiger partial charge is 0.445 e. The summed E-state index contributed by atoms with van der Waals surface area (Å²) in [6.45, 7) is 0.523. The number of nitrogens with zero attached hydrogens (tertiary/aromatic N) is 3. The van der Waals surface area contributed by atoms with Crippen LogP contribution in [-0.4, -0.2) is 25.6 Å². The third-order valence-electron chi connectivity index (χ3n) is 5.10. The standard InChI is InChI=1S/C22H17FN4O3/c23-16-8-6-15(7-9-16)18-10-20-24-19-12-26(11-17(19)21(28)27(20)25-18)22(29)30-13-14-4-2-1-3-5-14/h1-10,25H,11-13H2. The van der Waals surface area contributed by atoms with Gasteiger partial charge in [-0.3, -0.25) is 14.8 Å². The van der Waals surface area contributed by atoms with E-state index in [0.29, 0.717) is 22.6 Å². The van der Waals surface area contributed by atoms with Gasteiger partial charge < -0.3 is 4.74 Å². The Bertz CT molecular complexity index is 1300. The molecule has 0 unspecified atom stereocenters. The van der Waals surface area contributed by atoms with Gasteiger partial charge in [-0.05, 0) is 35.4 Å². The fourth-order valence-electron chi connectivity index (χ4n) is 3.54. The second-order valence-electron chi connectivity index (χ2n) is 7.11. The summed E-state index contributed by atoms with van der Waals surface area (Å²) >= 11 is 0. The molecule has 0 fully saturated rings. The number of hydrogen-bond donors (Lipinski definition) is 1. The minimum atomic E-state index is -0.489. The van der Waals surface area contributed by atoms with Gasteiger partial charge in [-0.1, -0.05) is 30.3 Å². The number of rotatable bonds is 3. The number of carbonyl (C=O) groups is 1. The van der Waals surface area contributed by atoms with Crippen molar-refractivity contribution in [1.82, 2.24) is 19.5 Å². The zero-order valence-corrected chi connectivity index (χ0v) is 15.8. The number of hydrogen-bond acceptors (Lipinski definition) is 4. The third-order valence-corrected chi connectivity index (χ3v) is 5.10. The summed E-state index contributed by atoms with van der Waals surface area (Å²) in [5.41, 5.74) is 3.48. The highest BCUT2D eigenvalue weighted by molar-refractivity contribution is 5.69. The molecule has 1 aliphatic rings. The van der Waals surface area contributed by atoms with Crippen molar-refractivity contribution in [3.8, 4) is 11.3 Å². The molecule has 0 saturated heterocycles. The number of aromatic nitrogens is 3. The molecule has 0 atom stereocenters. The smallest absolute Gasteiger partial charge is 0.410 e. The van der Waals surface area contributed by atoms with Crippen molar-refractivity contribution in [2.45, 2.75) is 19.7 Å². The Morgan fingerprint density at radius 2 is 1.87 bits per heavy atom. The summed E-state index contributed by atoms with van der Waals surface area (Å²) in [6, 6.07) is 17.1. The Balaban J connectivity index is 1.37. The molecule has 0 spiro atoms. The first-order valence-electron chi connectivity index (χ1n) is 9.43. The summed E-state index contributed by atoms with van der Waals surface area (Å²) in [6.07, 6.45) is -0.489. The number of ether oxygens (including phenoxy) is 1. The highest BCUT2D eigenvalue weighted by Crippen LogP contribution is 2.23. The van der Waals surface area contributed by atoms with Crippen LogP contribution in [0.2, 0.25) is 0 Å². The molecule has 3 heterocycles. The molecule has 1 N–H and O–H groups in total. The van der Waals surface area contributed by atoms with Crippen molar-refractivity contribution in [2.24, 2.45) is 0 Å². The number of amides is 1. The molecule has 2 aromatic heterocycles. The maximum absolute atomic E-state index is 13.2. The SMILES string of the molecule is O=C(OCc1ccccc1)N1Cc2nc3cc(-c4ccc(F)cc4)[nH]n3c(=O)c2C1. The molecule has 4 aromatic rings. The summed E-state index contributed by atoms with van der Waals surface area (Å²) in [5.74, 6) is -0.330. The molecule has 8 heteroatoms. The van der Waals surface area contributed by atoms with Crippen molar-refractivity contribution >= 4 is 11.7 Å². The van der Waals surface area contributed by atoms with Gasteiger partial charge in [0.25, 0.3) is 5.56 Å². The van der Waals surface area contributed by atoms with Crippen molar-refractivity contribution in [1.29, 1.82) is 0 Å². The zero-order chi connectivity index (χ0) is 20.7. The highest BCUT2D eigenvalue weighted by Gasteiger charge is 2.29. The first-order chi connectivity index (χ1) is 14.6. The van der Waals surface area contributed by atoms with Crippen molar-refractivity contribution < 1.29 is 13.9 Å². The van der Waals surface area contributed by atoms with Crippen LogP contribution in [0.4, 0.5) is 9.18 Å². The van der Waals surface area contributed by atoms with Gasteiger partial charge in [0.2, 0.25) is 0 Å². The highest BCUT2D eigenvalue weighted by atomic mass is 19.1. The van der Waals surface area contributed by atoms with Gasteiger partial charge in [0.05, 0.1) is 30.0 Å². The van der Waals surface area contributed by atoms with Crippen LogP contribution in [0.1, 0.15) is 16.8 Å². The Labute approximate surface area is 170 Å². The Morgan fingerprint density at radius 3 is 2.63 bits per heavy atom. The van der Waals surface area contributed by atoms with E-state index < -0.39 is 6.09 Å². The van der Waals surface area contributed by atoms with E-state index in [4.69, 9.17) is 4.74 Å². The van der Waals surface area contributed by atoms with Crippen molar-refractivity contribution in [3.63, 3.8) is 0 Å². The number of H-pyrrole nitrogens is 1. The number of fused-ring (bicyclic) bond motifs is 2. The fraction of sp³-hybridized carbons (Fsp3) is 0.136. The normalized spacial score (nSPS) is 12.9. The lowest BCUT2D eigenvalue weighted by Gasteiger charge is -2.14. The summed E-state index contributed by atoms with van der Waals surface area (Å²) in [7, 11) is 0. The number of carbonyl (C=O) groups excluding carboxylic acids is 1. The molecule has 0 saturated carbocycles. The number of halogens is 1. The summed E-state index contributed by atoms with van der Waals surface area (Å²) in [4.78, 5) is 31.3. The van der Waals surface area contributed by atoms with Gasteiger partial charge in [0.1, 0.15) is 12.4 Å². The van der Waals surface area contributed by atoms with Gasteiger partial charge in [-0.2, -0.15) is 0 Å². The first-order valence-corrected chi connectivity index (χ1v) is 9.43. The molecular weight excluding hydrogens is 387 g/mol. The van der Waals surface area contributed by atoms with Crippen LogP contribution in [0.15, 0.2) is 65.5 Å². The van der Waals surface area contributed by atoms with Crippen molar-refractivity contribution in [2.75, 3.05) is 0 Å². The Morgan fingerprint density at radius 1 is 1.10 bits per heavy atom. The molecule has 2 aromatic carbocycles. The Hall–Kier alpha value is -3.94. The number of aromatic amines is 1.